The minimum atomic E-state index is -0.544. The van der Waals surface area contributed by atoms with Crippen molar-refractivity contribution in [3.63, 3.8) is 0 Å². The zero-order valence-corrected chi connectivity index (χ0v) is 17.2. The second-order valence-electron chi connectivity index (χ2n) is 6.20. The van der Waals surface area contributed by atoms with Crippen molar-refractivity contribution in [1.82, 2.24) is 9.55 Å². The molecule has 2 heterocycles. The van der Waals surface area contributed by atoms with Gasteiger partial charge in [0.2, 0.25) is 0 Å². The summed E-state index contributed by atoms with van der Waals surface area (Å²) < 4.78 is 7.75. The smallest absolute Gasteiger partial charge is 0.349 e. The minimum absolute atomic E-state index is 0.327. The summed E-state index contributed by atoms with van der Waals surface area (Å²) in [5.41, 5.74) is 1.75. The zero-order valence-electron chi connectivity index (χ0n) is 14.9. The van der Waals surface area contributed by atoms with Crippen LogP contribution in [0.1, 0.15) is 46.7 Å². The highest BCUT2D eigenvalue weighted by Gasteiger charge is 2.23. The molecule has 7 heteroatoms. The van der Waals surface area contributed by atoms with Crippen LogP contribution in [0.15, 0.2) is 48.4 Å². The standard InChI is InChI=1S/C20H20Cl2N2O2S/c1-2-3-4-14-7-10-27-19(14)20(25)26-18(12-24-9-8-23-13-24)16-6-5-15(21)11-17(16)22/h5-11,13,18H,2-4,12H2,1H3. The molecule has 0 aliphatic carbocycles. The summed E-state index contributed by atoms with van der Waals surface area (Å²) in [5.74, 6) is -0.327. The molecule has 1 aromatic carbocycles. The number of carbonyl (C=O) groups excluding carboxylic acids is 1. The first-order valence-corrected chi connectivity index (χ1v) is 10.4. The van der Waals surface area contributed by atoms with Gasteiger partial charge in [-0.25, -0.2) is 9.78 Å². The molecule has 3 rings (SSSR count). The highest BCUT2D eigenvalue weighted by Crippen LogP contribution is 2.31. The third kappa shape index (κ3) is 5.12. The summed E-state index contributed by atoms with van der Waals surface area (Å²) in [6.45, 7) is 2.55. The number of hydrogen-bond acceptors (Lipinski definition) is 4. The molecule has 0 amide bonds. The van der Waals surface area contributed by atoms with Crippen LogP contribution in [0.2, 0.25) is 10.0 Å². The number of unbranched alkanes of at least 4 members (excludes halogenated alkanes) is 1. The van der Waals surface area contributed by atoms with E-state index in [2.05, 4.69) is 11.9 Å². The number of rotatable bonds is 8. The lowest BCUT2D eigenvalue weighted by molar-refractivity contribution is 0.0260. The van der Waals surface area contributed by atoms with E-state index in [1.807, 2.05) is 22.2 Å². The Morgan fingerprint density at radius 1 is 1.33 bits per heavy atom. The number of aromatic nitrogens is 2. The topological polar surface area (TPSA) is 44.1 Å². The maximum atomic E-state index is 12.9. The van der Waals surface area contributed by atoms with Crippen LogP contribution in [0, 0.1) is 0 Å². The van der Waals surface area contributed by atoms with Crippen molar-refractivity contribution in [2.75, 3.05) is 0 Å². The first-order chi connectivity index (χ1) is 13.1. The summed E-state index contributed by atoms with van der Waals surface area (Å²) in [5, 5.41) is 2.94. The fraction of sp³-hybridized carbons (Fsp3) is 0.300. The molecule has 0 aliphatic rings. The van der Waals surface area contributed by atoms with E-state index in [0.717, 1.165) is 30.4 Å². The first kappa shape index (κ1) is 19.9. The maximum absolute atomic E-state index is 12.9. The van der Waals surface area contributed by atoms with E-state index in [1.165, 1.54) is 11.3 Å². The number of carbonyl (C=O) groups is 1. The third-order valence-corrected chi connectivity index (χ3v) is 5.73. The number of nitrogens with zero attached hydrogens (tertiary/aromatic N) is 2. The Bertz CT molecular complexity index is 893. The molecule has 0 saturated carbocycles. The van der Waals surface area contributed by atoms with Crippen LogP contribution in [0.3, 0.4) is 0 Å². The lowest BCUT2D eigenvalue weighted by Crippen LogP contribution is -2.17. The Balaban J connectivity index is 1.85. The number of imidazole rings is 1. The van der Waals surface area contributed by atoms with E-state index >= 15 is 0 Å². The molecule has 0 fully saturated rings. The number of aryl methyl sites for hydroxylation is 1. The van der Waals surface area contributed by atoms with E-state index in [4.69, 9.17) is 27.9 Å². The quantitative estimate of drug-likeness (QED) is 0.406. The lowest BCUT2D eigenvalue weighted by Gasteiger charge is -2.20. The molecule has 0 saturated heterocycles. The van der Waals surface area contributed by atoms with Gasteiger partial charge in [-0.15, -0.1) is 11.3 Å². The fourth-order valence-electron chi connectivity index (χ4n) is 2.81. The van der Waals surface area contributed by atoms with Crippen LogP contribution in [-0.2, 0) is 17.7 Å². The van der Waals surface area contributed by atoms with E-state index in [1.54, 1.807) is 30.7 Å². The van der Waals surface area contributed by atoms with Crippen LogP contribution in [0.5, 0.6) is 0 Å². The lowest BCUT2D eigenvalue weighted by atomic mass is 10.1. The van der Waals surface area contributed by atoms with Gasteiger partial charge < -0.3 is 9.30 Å². The molecule has 1 atom stereocenters. The van der Waals surface area contributed by atoms with Crippen molar-refractivity contribution in [3.8, 4) is 0 Å². The van der Waals surface area contributed by atoms with Crippen molar-refractivity contribution in [2.24, 2.45) is 0 Å². The molecule has 0 bridgehead atoms. The van der Waals surface area contributed by atoms with E-state index < -0.39 is 6.10 Å². The van der Waals surface area contributed by atoms with Crippen LogP contribution < -0.4 is 0 Å². The van der Waals surface area contributed by atoms with Gasteiger partial charge in [0.25, 0.3) is 0 Å². The van der Waals surface area contributed by atoms with Gasteiger partial charge >= 0.3 is 5.97 Å². The van der Waals surface area contributed by atoms with E-state index in [9.17, 15) is 4.79 Å². The first-order valence-electron chi connectivity index (χ1n) is 8.76. The maximum Gasteiger partial charge on any atom is 0.349 e. The molecule has 0 N–H and O–H groups in total. The van der Waals surface area contributed by atoms with Crippen LogP contribution >= 0.6 is 34.5 Å². The van der Waals surface area contributed by atoms with Gasteiger partial charge in [0.15, 0.2) is 0 Å². The van der Waals surface area contributed by atoms with Gasteiger partial charge in [-0.1, -0.05) is 42.6 Å². The molecule has 0 radical (unpaired) electrons. The van der Waals surface area contributed by atoms with Crippen LogP contribution in [0.25, 0.3) is 0 Å². The summed E-state index contributed by atoms with van der Waals surface area (Å²) in [6, 6.07) is 7.20. The normalized spacial score (nSPS) is 12.1. The second-order valence-corrected chi connectivity index (χ2v) is 7.96. The highest BCUT2D eigenvalue weighted by atomic mass is 35.5. The Labute approximate surface area is 172 Å². The average molecular weight is 423 g/mol. The number of esters is 1. The predicted molar refractivity (Wildman–Crippen MR) is 110 cm³/mol. The molecular formula is C20H20Cl2N2O2S. The molecule has 0 spiro atoms. The fourth-order valence-corrected chi connectivity index (χ4v) is 4.17. The zero-order chi connectivity index (χ0) is 19.2. The molecule has 3 aromatic rings. The molecule has 27 heavy (non-hydrogen) atoms. The average Bonchev–Trinajstić information content (AvgIpc) is 3.31. The number of hydrogen-bond donors (Lipinski definition) is 0. The van der Waals surface area contributed by atoms with Crippen molar-refractivity contribution in [1.29, 1.82) is 0 Å². The summed E-state index contributed by atoms with van der Waals surface area (Å²) in [7, 11) is 0. The summed E-state index contributed by atoms with van der Waals surface area (Å²) >= 11 is 13.8. The SMILES string of the molecule is CCCCc1ccsc1C(=O)OC(Cn1ccnc1)c1ccc(Cl)cc1Cl. The minimum Gasteiger partial charge on any atom is -0.451 e. The van der Waals surface area contributed by atoms with Gasteiger partial charge in [0, 0.05) is 28.0 Å². The summed E-state index contributed by atoms with van der Waals surface area (Å²) in [6.07, 6.45) is 7.64. The van der Waals surface area contributed by atoms with Crippen molar-refractivity contribution < 1.29 is 9.53 Å². The van der Waals surface area contributed by atoms with Gasteiger partial charge in [-0.05, 0) is 42.0 Å². The number of ether oxygens (including phenoxy) is 1. The second kappa shape index (κ2) is 9.40. The highest BCUT2D eigenvalue weighted by molar-refractivity contribution is 7.12. The van der Waals surface area contributed by atoms with Gasteiger partial charge in [-0.2, -0.15) is 0 Å². The van der Waals surface area contributed by atoms with Crippen LogP contribution in [-0.4, -0.2) is 15.5 Å². The van der Waals surface area contributed by atoms with Gasteiger partial charge in [-0.3, -0.25) is 0 Å². The Hall–Kier alpha value is -1.82. The Kier molecular flexibility index (Phi) is 6.94. The van der Waals surface area contributed by atoms with E-state index in [0.29, 0.717) is 21.5 Å². The van der Waals surface area contributed by atoms with Crippen molar-refractivity contribution >= 4 is 40.5 Å². The molecule has 2 aromatic heterocycles. The Morgan fingerprint density at radius 2 is 2.19 bits per heavy atom. The van der Waals surface area contributed by atoms with E-state index in [-0.39, 0.29) is 5.97 Å². The number of halogens is 2. The number of benzene rings is 1. The van der Waals surface area contributed by atoms with Crippen LogP contribution in [0.4, 0.5) is 0 Å². The molecular weight excluding hydrogens is 403 g/mol. The monoisotopic (exact) mass is 422 g/mol. The number of thiophene rings is 1. The van der Waals surface area contributed by atoms with Crippen molar-refractivity contribution in [3.05, 3.63) is 74.4 Å². The molecule has 0 aliphatic heterocycles. The Morgan fingerprint density at radius 3 is 2.89 bits per heavy atom. The molecule has 142 valence electrons. The van der Waals surface area contributed by atoms with Crippen molar-refractivity contribution in [2.45, 2.75) is 38.8 Å². The third-order valence-electron chi connectivity index (χ3n) is 4.23. The van der Waals surface area contributed by atoms with Gasteiger partial charge in [0.05, 0.1) is 12.9 Å². The molecule has 4 nitrogen and oxygen atoms in total. The molecule has 1 unspecified atom stereocenters. The van der Waals surface area contributed by atoms with Gasteiger partial charge in [0.1, 0.15) is 11.0 Å². The largest absolute Gasteiger partial charge is 0.451 e. The predicted octanol–water partition coefficient (Wildman–Crippen LogP) is 6.19. The summed E-state index contributed by atoms with van der Waals surface area (Å²) in [4.78, 5) is 17.6.